The van der Waals surface area contributed by atoms with E-state index in [1.165, 1.54) is 12.2 Å². The highest BCUT2D eigenvalue weighted by Gasteiger charge is 2.44. The van der Waals surface area contributed by atoms with Gasteiger partial charge in [0.15, 0.2) is 0 Å². The van der Waals surface area contributed by atoms with Gasteiger partial charge in [0.05, 0.1) is 5.70 Å². The number of carbonyl (C=O) groups is 2. The number of nitrogens with two attached hydrogens (primary N) is 1. The Bertz CT molecular complexity index is 765. The number of rotatable bonds is 10. The van der Waals surface area contributed by atoms with E-state index in [-0.39, 0.29) is 30.7 Å². The Morgan fingerprint density at radius 2 is 1.56 bits per heavy atom. The lowest BCUT2D eigenvalue weighted by molar-refractivity contribution is -0.168. The van der Waals surface area contributed by atoms with Crippen molar-refractivity contribution in [2.24, 2.45) is 23.5 Å². The smallest absolute Gasteiger partial charge is 0.370 e. The van der Waals surface area contributed by atoms with Gasteiger partial charge in [-0.3, -0.25) is 14.5 Å². The number of nitrogens with zero attached hydrogens (tertiary/aromatic N) is 2. The number of allylic oxidation sites excluding steroid dienone is 3. The van der Waals surface area contributed by atoms with Crippen LogP contribution >= 0.6 is 0 Å². The topological polar surface area (TPSA) is 66.6 Å². The number of ketones is 1. The van der Waals surface area contributed by atoms with Crippen molar-refractivity contribution in [1.29, 1.82) is 0 Å². The summed E-state index contributed by atoms with van der Waals surface area (Å²) in [7, 11) is 0. The first-order valence-corrected chi connectivity index (χ1v) is 12.5. The van der Waals surface area contributed by atoms with Gasteiger partial charge in [-0.25, -0.2) is 4.39 Å². The molecule has 0 aromatic carbocycles. The van der Waals surface area contributed by atoms with Gasteiger partial charge >= 0.3 is 6.18 Å². The first-order chi connectivity index (χ1) is 16.1. The monoisotopic (exact) mass is 487 g/mol. The van der Waals surface area contributed by atoms with E-state index in [0.717, 1.165) is 58.2 Å². The summed E-state index contributed by atoms with van der Waals surface area (Å²) in [5, 5.41) is 0. The number of Topliss-reactive ketones (excluding diaryl/α,β-unsaturated/α-hetero) is 1. The average Bonchev–Trinajstić information content (AvgIpc) is 2.80. The van der Waals surface area contributed by atoms with Gasteiger partial charge in [0, 0.05) is 45.4 Å². The van der Waals surface area contributed by atoms with Crippen LogP contribution in [0.15, 0.2) is 23.7 Å². The quantitative estimate of drug-likeness (QED) is 0.452. The van der Waals surface area contributed by atoms with Gasteiger partial charge in [-0.05, 0) is 43.7 Å². The second kappa shape index (κ2) is 12.2. The molecule has 9 heteroatoms. The highest BCUT2D eigenvalue weighted by atomic mass is 19.4. The molecule has 1 aliphatic heterocycles. The minimum atomic E-state index is -4.55. The van der Waals surface area contributed by atoms with E-state index < -0.39 is 23.8 Å². The summed E-state index contributed by atoms with van der Waals surface area (Å²) in [6.07, 6.45) is 5.51. The molecule has 5 nitrogen and oxygen atoms in total. The molecule has 1 heterocycles. The molecule has 2 fully saturated rings. The highest BCUT2D eigenvalue weighted by molar-refractivity contribution is 5.84. The molecular formula is C25H37F4N3O2. The maximum atomic E-state index is 14.5. The second-order valence-electron chi connectivity index (χ2n) is 10.0. The molecule has 1 saturated carbocycles. The van der Waals surface area contributed by atoms with Gasteiger partial charge in [-0.2, -0.15) is 13.2 Å². The number of amides is 1. The van der Waals surface area contributed by atoms with Crippen molar-refractivity contribution in [1.82, 2.24) is 9.80 Å². The van der Waals surface area contributed by atoms with E-state index in [9.17, 15) is 27.2 Å². The average molecular weight is 488 g/mol. The molecule has 0 aromatic heterocycles. The molecule has 1 atom stereocenters. The van der Waals surface area contributed by atoms with Gasteiger partial charge in [-0.1, -0.05) is 31.8 Å². The molecule has 192 valence electrons. The van der Waals surface area contributed by atoms with Crippen LogP contribution in [-0.2, 0) is 9.59 Å². The highest BCUT2D eigenvalue weighted by Crippen LogP contribution is 2.40. The lowest BCUT2D eigenvalue weighted by Gasteiger charge is -2.39. The zero-order valence-corrected chi connectivity index (χ0v) is 19.8. The molecule has 0 aromatic rings. The van der Waals surface area contributed by atoms with Crippen molar-refractivity contribution < 1.29 is 27.2 Å². The molecular weight excluding hydrogens is 450 g/mol. The Kier molecular flexibility index (Phi) is 9.56. The number of piperazine rings is 1. The van der Waals surface area contributed by atoms with Crippen LogP contribution in [0.4, 0.5) is 17.6 Å². The van der Waals surface area contributed by atoms with E-state index in [0.29, 0.717) is 31.3 Å². The number of hydrogen-bond acceptors (Lipinski definition) is 4. The first kappa shape index (κ1) is 26.7. The van der Waals surface area contributed by atoms with Crippen LogP contribution in [-0.4, -0.2) is 60.4 Å². The van der Waals surface area contributed by atoms with E-state index in [4.69, 9.17) is 5.73 Å². The van der Waals surface area contributed by atoms with Crippen LogP contribution in [0.2, 0.25) is 0 Å². The lowest BCUT2D eigenvalue weighted by atomic mass is 9.78. The van der Waals surface area contributed by atoms with Crippen molar-refractivity contribution >= 4 is 11.7 Å². The summed E-state index contributed by atoms with van der Waals surface area (Å²) in [4.78, 5) is 26.7. The normalized spacial score (nSPS) is 26.7. The minimum Gasteiger partial charge on any atom is -0.370 e. The van der Waals surface area contributed by atoms with Gasteiger partial charge in [-0.15, -0.1) is 0 Å². The fourth-order valence-electron chi connectivity index (χ4n) is 5.35. The molecule has 1 saturated heterocycles. The largest absolute Gasteiger partial charge is 0.398 e. The lowest BCUT2D eigenvalue weighted by Crippen LogP contribution is -2.46. The van der Waals surface area contributed by atoms with Crippen molar-refractivity contribution in [3.8, 4) is 0 Å². The molecule has 0 bridgehead atoms. The molecule has 34 heavy (non-hydrogen) atoms. The van der Waals surface area contributed by atoms with Crippen LogP contribution in [0.3, 0.4) is 0 Å². The summed E-state index contributed by atoms with van der Waals surface area (Å²) >= 11 is 0. The van der Waals surface area contributed by atoms with E-state index in [1.807, 2.05) is 0 Å². The van der Waals surface area contributed by atoms with Gasteiger partial charge in [0.2, 0.25) is 5.91 Å². The first-order valence-electron chi connectivity index (χ1n) is 12.5. The van der Waals surface area contributed by atoms with Crippen molar-refractivity contribution in [3.05, 3.63) is 23.7 Å². The third-order valence-electron chi connectivity index (χ3n) is 7.61. The Balaban J connectivity index is 1.33. The van der Waals surface area contributed by atoms with Crippen LogP contribution in [0, 0.1) is 17.8 Å². The summed E-state index contributed by atoms with van der Waals surface area (Å²) in [6.45, 7) is 3.48. The predicted molar refractivity (Wildman–Crippen MR) is 122 cm³/mol. The molecule has 0 spiro atoms. The van der Waals surface area contributed by atoms with Gasteiger partial charge in [0.1, 0.15) is 17.5 Å². The second-order valence-corrected chi connectivity index (χ2v) is 10.0. The van der Waals surface area contributed by atoms with Crippen LogP contribution in [0.25, 0.3) is 0 Å². The van der Waals surface area contributed by atoms with Gasteiger partial charge in [0.25, 0.3) is 0 Å². The Morgan fingerprint density at radius 3 is 2.15 bits per heavy atom. The standard InChI is InChI=1S/C25H37F4N3O2/c26-24-21(25(27,28)29)2-1-3-22(24)32-16-14-31(15-17-32)13-12-19-6-4-18(5-7-19)8-9-20(33)10-11-23(30)34/h1,3,18-19,21H,2,4-17H2,(H2,30,34). The molecule has 2 aliphatic carbocycles. The summed E-state index contributed by atoms with van der Waals surface area (Å²) < 4.78 is 53.7. The summed E-state index contributed by atoms with van der Waals surface area (Å²) in [5.74, 6) is -2.14. The third-order valence-corrected chi connectivity index (χ3v) is 7.61. The molecule has 0 radical (unpaired) electrons. The molecule has 1 unspecified atom stereocenters. The maximum Gasteiger partial charge on any atom is 0.398 e. The molecule has 3 aliphatic rings. The Morgan fingerprint density at radius 1 is 0.941 bits per heavy atom. The van der Waals surface area contributed by atoms with E-state index in [2.05, 4.69) is 4.90 Å². The van der Waals surface area contributed by atoms with E-state index >= 15 is 0 Å². The molecule has 2 N–H and O–H groups in total. The predicted octanol–water partition coefficient (Wildman–Crippen LogP) is 4.73. The fraction of sp³-hybridized carbons (Fsp3) is 0.760. The van der Waals surface area contributed by atoms with Crippen LogP contribution in [0.1, 0.15) is 64.2 Å². The zero-order chi connectivity index (χ0) is 24.7. The molecule has 3 rings (SSSR count). The van der Waals surface area contributed by atoms with Crippen LogP contribution in [0.5, 0.6) is 0 Å². The summed E-state index contributed by atoms with van der Waals surface area (Å²) in [6, 6.07) is 0. The van der Waals surface area contributed by atoms with Crippen molar-refractivity contribution in [2.75, 3.05) is 32.7 Å². The minimum absolute atomic E-state index is 0.0969. The number of halogens is 4. The van der Waals surface area contributed by atoms with Gasteiger partial charge < -0.3 is 10.6 Å². The summed E-state index contributed by atoms with van der Waals surface area (Å²) in [5.41, 5.74) is 5.19. The van der Waals surface area contributed by atoms with Crippen molar-refractivity contribution in [3.63, 3.8) is 0 Å². The van der Waals surface area contributed by atoms with Crippen molar-refractivity contribution in [2.45, 2.75) is 70.4 Å². The third kappa shape index (κ3) is 7.82. The number of carbonyl (C=O) groups excluding carboxylic acids is 2. The fourth-order valence-corrected chi connectivity index (χ4v) is 5.35. The maximum absolute atomic E-state index is 14.5. The number of primary amides is 1. The Labute approximate surface area is 199 Å². The zero-order valence-electron chi connectivity index (χ0n) is 19.8. The van der Waals surface area contributed by atoms with E-state index in [1.54, 1.807) is 4.90 Å². The van der Waals surface area contributed by atoms with Crippen LogP contribution < -0.4 is 5.73 Å². The number of hydrogen-bond donors (Lipinski definition) is 1. The molecule has 1 amide bonds. The Hall–Kier alpha value is -1.90. The number of alkyl halides is 3. The SMILES string of the molecule is NC(=O)CCC(=O)CCC1CCC(CCN2CCN(C3=C(F)C(C(F)(F)F)CC=C3)CC2)CC1.